The van der Waals surface area contributed by atoms with E-state index in [1.54, 1.807) is 0 Å². The molecule has 2 heterocycles. The maximum absolute atomic E-state index is 12.8. The minimum absolute atomic E-state index is 0.0331. The van der Waals surface area contributed by atoms with Crippen molar-refractivity contribution in [1.82, 2.24) is 14.5 Å². The Bertz CT molecular complexity index is 1120. The Morgan fingerprint density at radius 2 is 1.85 bits per heavy atom. The van der Waals surface area contributed by atoms with E-state index in [4.69, 9.17) is 32.9 Å². The van der Waals surface area contributed by atoms with Gasteiger partial charge in [0.25, 0.3) is 0 Å². The van der Waals surface area contributed by atoms with Crippen molar-refractivity contribution < 1.29 is 9.53 Å². The van der Waals surface area contributed by atoms with Gasteiger partial charge < -0.3 is 19.5 Å². The molecule has 1 saturated heterocycles. The Morgan fingerprint density at radius 3 is 2.58 bits per heavy atom. The van der Waals surface area contributed by atoms with E-state index in [9.17, 15) is 4.79 Å². The number of benzene rings is 2. The van der Waals surface area contributed by atoms with Gasteiger partial charge in [0.15, 0.2) is 0 Å². The molecule has 1 amide bonds. The van der Waals surface area contributed by atoms with Crippen LogP contribution in [-0.4, -0.2) is 45.3 Å². The fraction of sp³-hybridized carbons (Fsp3) is 0.440. The maximum Gasteiger partial charge on any atom is 0.410 e. The van der Waals surface area contributed by atoms with Crippen molar-refractivity contribution in [2.24, 2.45) is 0 Å². The summed E-state index contributed by atoms with van der Waals surface area (Å²) in [6.07, 6.45) is 2.73. The number of rotatable bonds is 5. The zero-order chi connectivity index (χ0) is 23.6. The monoisotopic (exact) mass is 488 g/mol. The summed E-state index contributed by atoms with van der Waals surface area (Å²) in [5, 5.41) is 4.74. The molecule has 3 aromatic rings. The number of carbonyl (C=O) groups excluding carboxylic acids is 1. The first-order chi connectivity index (χ1) is 15.7. The number of anilines is 1. The van der Waals surface area contributed by atoms with E-state index in [-0.39, 0.29) is 12.1 Å². The second-order valence-electron chi connectivity index (χ2n) is 9.41. The summed E-state index contributed by atoms with van der Waals surface area (Å²) in [6.45, 7) is 7.45. The van der Waals surface area contributed by atoms with Crippen molar-refractivity contribution in [2.75, 3.05) is 18.4 Å². The number of amides is 1. The maximum atomic E-state index is 12.8. The van der Waals surface area contributed by atoms with Gasteiger partial charge in [0.1, 0.15) is 5.60 Å². The predicted molar refractivity (Wildman–Crippen MR) is 134 cm³/mol. The van der Waals surface area contributed by atoms with Gasteiger partial charge in [-0.05, 0) is 64.3 Å². The standard InChI is InChI=1S/C25H30Cl2N4O2/c1-25(2,3)33-24(32)30-14-7-6-9-17(30)15-28-23-29-21-12-4-5-13-22(21)31(23)16-18-19(26)10-8-11-20(18)27/h4-5,8,10-13,17H,6-7,9,14-16H2,1-3H3,(H,28,29). The topological polar surface area (TPSA) is 59.4 Å². The van der Waals surface area contributed by atoms with Crippen LogP contribution in [0.5, 0.6) is 0 Å². The highest BCUT2D eigenvalue weighted by Gasteiger charge is 2.30. The molecule has 0 spiro atoms. The number of likely N-dealkylation sites (tertiary alicyclic amines) is 1. The SMILES string of the molecule is CC(C)(C)OC(=O)N1CCCCC1CNc1nc2ccccc2n1Cc1c(Cl)cccc1Cl. The van der Waals surface area contributed by atoms with Crippen LogP contribution in [0.4, 0.5) is 10.7 Å². The van der Waals surface area contributed by atoms with E-state index >= 15 is 0 Å². The molecule has 1 N–H and O–H groups in total. The molecule has 0 saturated carbocycles. The molecule has 1 aliphatic heterocycles. The van der Waals surface area contributed by atoms with E-state index < -0.39 is 5.60 Å². The van der Waals surface area contributed by atoms with Gasteiger partial charge in [-0.1, -0.05) is 41.4 Å². The van der Waals surface area contributed by atoms with Gasteiger partial charge in [-0.3, -0.25) is 0 Å². The van der Waals surface area contributed by atoms with Crippen molar-refractivity contribution >= 4 is 46.3 Å². The van der Waals surface area contributed by atoms with Crippen LogP contribution in [0.2, 0.25) is 10.0 Å². The largest absolute Gasteiger partial charge is 0.444 e. The zero-order valence-corrected chi connectivity index (χ0v) is 20.8. The number of imidazole rings is 1. The van der Waals surface area contributed by atoms with E-state index in [0.717, 1.165) is 41.8 Å². The quantitative estimate of drug-likeness (QED) is 0.439. The second-order valence-corrected chi connectivity index (χ2v) is 10.2. The van der Waals surface area contributed by atoms with Crippen molar-refractivity contribution in [3.8, 4) is 0 Å². The van der Waals surface area contributed by atoms with Gasteiger partial charge in [0.2, 0.25) is 5.95 Å². The van der Waals surface area contributed by atoms with Crippen LogP contribution in [0.25, 0.3) is 11.0 Å². The Morgan fingerprint density at radius 1 is 1.12 bits per heavy atom. The highest BCUT2D eigenvalue weighted by Crippen LogP contribution is 2.29. The molecule has 0 radical (unpaired) electrons. The van der Waals surface area contributed by atoms with Crippen LogP contribution in [0.1, 0.15) is 45.6 Å². The van der Waals surface area contributed by atoms with Crippen molar-refractivity contribution in [2.45, 2.75) is 58.2 Å². The van der Waals surface area contributed by atoms with Gasteiger partial charge in [-0.25, -0.2) is 9.78 Å². The number of halogens is 2. The molecule has 33 heavy (non-hydrogen) atoms. The van der Waals surface area contributed by atoms with E-state index in [1.807, 2.05) is 68.1 Å². The number of hydrogen-bond acceptors (Lipinski definition) is 4. The number of piperidine rings is 1. The third-order valence-corrected chi connectivity index (χ3v) is 6.49. The smallest absolute Gasteiger partial charge is 0.410 e. The minimum Gasteiger partial charge on any atom is -0.444 e. The number of nitrogens with one attached hydrogen (secondary N) is 1. The fourth-order valence-corrected chi connectivity index (χ4v) is 4.71. The fourth-order valence-electron chi connectivity index (χ4n) is 4.19. The van der Waals surface area contributed by atoms with Crippen LogP contribution >= 0.6 is 23.2 Å². The third-order valence-electron chi connectivity index (χ3n) is 5.78. The molecule has 1 unspecified atom stereocenters. The van der Waals surface area contributed by atoms with E-state index in [0.29, 0.717) is 29.7 Å². The lowest BCUT2D eigenvalue weighted by Crippen LogP contribution is -2.49. The molecular weight excluding hydrogens is 459 g/mol. The molecule has 4 rings (SSSR count). The molecule has 176 valence electrons. The van der Waals surface area contributed by atoms with Gasteiger partial charge in [0.05, 0.1) is 23.6 Å². The summed E-state index contributed by atoms with van der Waals surface area (Å²) < 4.78 is 7.73. The van der Waals surface area contributed by atoms with Crippen molar-refractivity contribution in [3.63, 3.8) is 0 Å². The molecule has 0 bridgehead atoms. The van der Waals surface area contributed by atoms with Gasteiger partial charge in [-0.2, -0.15) is 0 Å². The van der Waals surface area contributed by atoms with Crippen LogP contribution < -0.4 is 5.32 Å². The average molecular weight is 489 g/mol. The Hall–Kier alpha value is -2.44. The number of fused-ring (bicyclic) bond motifs is 1. The Kier molecular flexibility index (Phi) is 7.05. The number of nitrogens with zero attached hydrogens (tertiary/aromatic N) is 3. The van der Waals surface area contributed by atoms with Crippen molar-refractivity contribution in [3.05, 3.63) is 58.1 Å². The van der Waals surface area contributed by atoms with Gasteiger partial charge >= 0.3 is 6.09 Å². The minimum atomic E-state index is -0.519. The molecule has 1 aliphatic rings. The normalized spacial score (nSPS) is 16.8. The lowest BCUT2D eigenvalue weighted by atomic mass is 10.0. The molecule has 1 aromatic heterocycles. The molecule has 1 fully saturated rings. The molecule has 2 aromatic carbocycles. The number of aromatic nitrogens is 2. The summed E-state index contributed by atoms with van der Waals surface area (Å²) in [4.78, 5) is 19.4. The molecular formula is C25H30Cl2N4O2. The summed E-state index contributed by atoms with van der Waals surface area (Å²) in [5.74, 6) is 0.724. The first-order valence-corrected chi connectivity index (χ1v) is 12.1. The third kappa shape index (κ3) is 5.56. The molecule has 0 aliphatic carbocycles. The number of ether oxygens (including phenoxy) is 1. The number of para-hydroxylation sites is 2. The first-order valence-electron chi connectivity index (χ1n) is 11.3. The summed E-state index contributed by atoms with van der Waals surface area (Å²) >= 11 is 12.9. The zero-order valence-electron chi connectivity index (χ0n) is 19.3. The van der Waals surface area contributed by atoms with E-state index in [2.05, 4.69) is 9.88 Å². The number of hydrogen-bond donors (Lipinski definition) is 1. The second kappa shape index (κ2) is 9.82. The lowest BCUT2D eigenvalue weighted by molar-refractivity contribution is 0.0114. The number of carbonyl (C=O) groups is 1. The highest BCUT2D eigenvalue weighted by molar-refractivity contribution is 6.36. The lowest BCUT2D eigenvalue weighted by Gasteiger charge is -2.36. The summed E-state index contributed by atoms with van der Waals surface area (Å²) in [6, 6.07) is 13.5. The predicted octanol–water partition coefficient (Wildman–Crippen LogP) is 6.59. The first kappa shape index (κ1) is 23.7. The van der Waals surface area contributed by atoms with E-state index in [1.165, 1.54) is 0 Å². The highest BCUT2D eigenvalue weighted by atomic mass is 35.5. The van der Waals surface area contributed by atoms with Crippen LogP contribution in [-0.2, 0) is 11.3 Å². The molecule has 8 heteroatoms. The van der Waals surface area contributed by atoms with Crippen LogP contribution in [0.3, 0.4) is 0 Å². The van der Waals surface area contributed by atoms with Gasteiger partial charge in [0, 0.05) is 28.7 Å². The summed E-state index contributed by atoms with van der Waals surface area (Å²) in [7, 11) is 0. The molecule has 6 nitrogen and oxygen atoms in total. The van der Waals surface area contributed by atoms with Crippen LogP contribution in [0.15, 0.2) is 42.5 Å². The average Bonchev–Trinajstić information content (AvgIpc) is 3.11. The Balaban J connectivity index is 1.58. The Labute approximate surface area is 204 Å². The van der Waals surface area contributed by atoms with Crippen molar-refractivity contribution in [1.29, 1.82) is 0 Å². The summed E-state index contributed by atoms with van der Waals surface area (Å²) in [5.41, 5.74) is 2.20. The van der Waals surface area contributed by atoms with Gasteiger partial charge in [-0.15, -0.1) is 0 Å². The van der Waals surface area contributed by atoms with Crippen LogP contribution in [0, 0.1) is 0 Å². The molecule has 1 atom stereocenters.